The lowest BCUT2D eigenvalue weighted by Crippen LogP contribution is -1.98. The van der Waals surface area contributed by atoms with E-state index < -0.39 is 12.4 Å². The summed E-state index contributed by atoms with van der Waals surface area (Å²) < 4.78 is 24.6. The lowest BCUT2D eigenvalue weighted by atomic mass is 10.1. The van der Waals surface area contributed by atoms with Crippen molar-refractivity contribution in [2.24, 2.45) is 0 Å². The number of alkyl halides is 2. The summed E-state index contributed by atoms with van der Waals surface area (Å²) in [7, 11) is 0. The second-order valence-electron chi connectivity index (χ2n) is 3.13. The van der Waals surface area contributed by atoms with Crippen LogP contribution in [0.15, 0.2) is 18.2 Å². The minimum Gasteiger partial charge on any atom is -0.508 e. The van der Waals surface area contributed by atoms with Gasteiger partial charge in [-0.05, 0) is 30.2 Å². The van der Waals surface area contributed by atoms with E-state index in [-0.39, 0.29) is 24.2 Å². The number of aryl methyl sites for hydroxylation is 1. The topological polar surface area (TPSA) is 57.5 Å². The highest BCUT2D eigenvalue weighted by Gasteiger charge is 2.10. The van der Waals surface area contributed by atoms with Crippen molar-refractivity contribution < 1.29 is 23.8 Å². The average Bonchev–Trinajstić information content (AvgIpc) is 2.13. The van der Waals surface area contributed by atoms with Crippen LogP contribution in [-0.4, -0.2) is 16.2 Å². The number of rotatable bonds is 4. The van der Waals surface area contributed by atoms with Crippen LogP contribution in [0.3, 0.4) is 0 Å². The monoisotopic (exact) mass is 216 g/mol. The Hall–Kier alpha value is -1.65. The predicted octanol–water partition coefficient (Wildman–Crippen LogP) is 2.35. The molecule has 0 atom stereocenters. The molecule has 1 aromatic rings. The van der Waals surface area contributed by atoms with E-state index in [1.165, 1.54) is 12.1 Å². The van der Waals surface area contributed by atoms with Crippen LogP contribution < -0.4 is 0 Å². The van der Waals surface area contributed by atoms with E-state index in [0.717, 1.165) is 6.07 Å². The molecule has 0 heterocycles. The zero-order valence-corrected chi connectivity index (χ0v) is 7.78. The maximum atomic E-state index is 12.3. The van der Waals surface area contributed by atoms with Gasteiger partial charge in [0.05, 0.1) is 0 Å². The van der Waals surface area contributed by atoms with Gasteiger partial charge < -0.3 is 10.2 Å². The van der Waals surface area contributed by atoms with E-state index >= 15 is 0 Å². The summed E-state index contributed by atoms with van der Waals surface area (Å²) in [5.74, 6) is -1.27. The largest absolute Gasteiger partial charge is 0.508 e. The average molecular weight is 216 g/mol. The minimum atomic E-state index is -2.67. The molecule has 0 radical (unpaired) electrons. The molecule has 0 saturated carbocycles. The smallest absolute Gasteiger partial charge is 0.303 e. The van der Waals surface area contributed by atoms with E-state index in [1.807, 2.05) is 0 Å². The normalized spacial score (nSPS) is 10.6. The van der Waals surface area contributed by atoms with Gasteiger partial charge in [0.15, 0.2) is 0 Å². The van der Waals surface area contributed by atoms with E-state index in [0.29, 0.717) is 5.56 Å². The summed E-state index contributed by atoms with van der Waals surface area (Å²) >= 11 is 0. The standard InChI is InChI=1S/C10H10F2O3/c11-10(12)7-3-6(1-2-9(14)15)4-8(13)5-7/h3-5,10,13H,1-2H2,(H,14,15). The molecular weight excluding hydrogens is 206 g/mol. The SMILES string of the molecule is O=C(O)CCc1cc(O)cc(C(F)F)c1. The Labute approximate surface area is 85.0 Å². The Morgan fingerprint density at radius 1 is 1.33 bits per heavy atom. The summed E-state index contributed by atoms with van der Waals surface area (Å²) in [4.78, 5) is 10.3. The van der Waals surface area contributed by atoms with Gasteiger partial charge in [0.25, 0.3) is 6.43 Å². The molecule has 0 spiro atoms. The van der Waals surface area contributed by atoms with Crippen molar-refractivity contribution in [2.75, 3.05) is 0 Å². The Morgan fingerprint density at radius 2 is 2.00 bits per heavy atom. The molecule has 0 amide bonds. The van der Waals surface area contributed by atoms with Gasteiger partial charge in [0.1, 0.15) is 5.75 Å². The third-order valence-electron chi connectivity index (χ3n) is 1.88. The maximum Gasteiger partial charge on any atom is 0.303 e. The minimum absolute atomic E-state index is 0.128. The number of aliphatic carboxylic acids is 1. The van der Waals surface area contributed by atoms with Crippen molar-refractivity contribution in [1.29, 1.82) is 0 Å². The van der Waals surface area contributed by atoms with Crippen molar-refractivity contribution in [3.05, 3.63) is 29.3 Å². The van der Waals surface area contributed by atoms with Gasteiger partial charge in [-0.1, -0.05) is 0 Å². The number of carboxylic acid groups (broad SMARTS) is 1. The number of hydrogen-bond acceptors (Lipinski definition) is 2. The van der Waals surface area contributed by atoms with Crippen LogP contribution in [0.4, 0.5) is 8.78 Å². The van der Waals surface area contributed by atoms with E-state index in [2.05, 4.69) is 0 Å². The van der Waals surface area contributed by atoms with E-state index in [9.17, 15) is 13.6 Å². The fourth-order valence-corrected chi connectivity index (χ4v) is 1.22. The molecule has 0 unspecified atom stereocenters. The first-order valence-electron chi connectivity index (χ1n) is 4.32. The van der Waals surface area contributed by atoms with Crippen LogP contribution in [0.25, 0.3) is 0 Å². The zero-order chi connectivity index (χ0) is 11.4. The molecule has 0 saturated heterocycles. The highest BCUT2D eigenvalue weighted by molar-refractivity contribution is 5.67. The predicted molar refractivity (Wildman–Crippen MR) is 49.0 cm³/mol. The third kappa shape index (κ3) is 3.53. The Bertz CT molecular complexity index is 364. The number of aromatic hydroxyl groups is 1. The van der Waals surface area contributed by atoms with Gasteiger partial charge in [-0.15, -0.1) is 0 Å². The van der Waals surface area contributed by atoms with Gasteiger partial charge in [-0.25, -0.2) is 8.78 Å². The Balaban J connectivity index is 2.84. The number of carboxylic acids is 1. The summed E-state index contributed by atoms with van der Waals surface area (Å²) in [5.41, 5.74) is 0.100. The van der Waals surface area contributed by atoms with Crippen LogP contribution in [0, 0.1) is 0 Å². The molecule has 0 fully saturated rings. The molecule has 0 aliphatic heterocycles. The van der Waals surface area contributed by atoms with Crippen molar-refractivity contribution in [2.45, 2.75) is 19.3 Å². The van der Waals surface area contributed by atoms with Gasteiger partial charge in [0, 0.05) is 12.0 Å². The molecule has 2 N–H and O–H groups in total. The number of benzene rings is 1. The summed E-state index contributed by atoms with van der Waals surface area (Å²) in [5, 5.41) is 17.5. The van der Waals surface area contributed by atoms with Gasteiger partial charge >= 0.3 is 5.97 Å². The molecule has 0 aliphatic carbocycles. The van der Waals surface area contributed by atoms with Gasteiger partial charge in [0.2, 0.25) is 0 Å². The quantitative estimate of drug-likeness (QED) is 0.812. The highest BCUT2D eigenvalue weighted by atomic mass is 19.3. The second kappa shape index (κ2) is 4.72. The van der Waals surface area contributed by atoms with Crippen LogP contribution in [0.2, 0.25) is 0 Å². The first-order chi connectivity index (χ1) is 6.99. The van der Waals surface area contributed by atoms with Crippen LogP contribution in [0.5, 0.6) is 5.75 Å². The van der Waals surface area contributed by atoms with Crippen molar-refractivity contribution >= 4 is 5.97 Å². The molecule has 0 aromatic heterocycles. The van der Waals surface area contributed by atoms with Crippen LogP contribution in [0.1, 0.15) is 24.0 Å². The number of carbonyl (C=O) groups is 1. The summed E-state index contributed by atoms with van der Waals surface area (Å²) in [6.45, 7) is 0. The molecule has 5 heteroatoms. The summed E-state index contributed by atoms with van der Waals surface area (Å²) in [6, 6.07) is 3.46. The summed E-state index contributed by atoms with van der Waals surface area (Å²) in [6.07, 6.45) is -2.68. The first-order valence-corrected chi connectivity index (χ1v) is 4.32. The maximum absolute atomic E-state index is 12.3. The van der Waals surface area contributed by atoms with Gasteiger partial charge in [-0.3, -0.25) is 4.79 Å². The first kappa shape index (κ1) is 11.4. The van der Waals surface area contributed by atoms with Crippen molar-refractivity contribution in [1.82, 2.24) is 0 Å². The fraction of sp³-hybridized carbons (Fsp3) is 0.300. The molecule has 82 valence electrons. The van der Waals surface area contributed by atoms with E-state index in [1.54, 1.807) is 0 Å². The van der Waals surface area contributed by atoms with Crippen LogP contribution in [-0.2, 0) is 11.2 Å². The van der Waals surface area contributed by atoms with E-state index in [4.69, 9.17) is 10.2 Å². The molecule has 3 nitrogen and oxygen atoms in total. The Kier molecular flexibility index (Phi) is 3.60. The van der Waals surface area contributed by atoms with Crippen molar-refractivity contribution in [3.63, 3.8) is 0 Å². The Morgan fingerprint density at radius 3 is 2.53 bits per heavy atom. The lowest BCUT2D eigenvalue weighted by molar-refractivity contribution is -0.136. The number of phenolic OH excluding ortho intramolecular Hbond substituents is 1. The number of phenols is 1. The fourth-order valence-electron chi connectivity index (χ4n) is 1.22. The van der Waals surface area contributed by atoms with Crippen molar-refractivity contribution in [3.8, 4) is 5.75 Å². The molecule has 0 bridgehead atoms. The van der Waals surface area contributed by atoms with Gasteiger partial charge in [-0.2, -0.15) is 0 Å². The highest BCUT2D eigenvalue weighted by Crippen LogP contribution is 2.25. The second-order valence-corrected chi connectivity index (χ2v) is 3.13. The number of halogens is 2. The zero-order valence-electron chi connectivity index (χ0n) is 7.78. The molecule has 1 rings (SSSR count). The van der Waals surface area contributed by atoms with Crippen LogP contribution >= 0.6 is 0 Å². The third-order valence-corrected chi connectivity index (χ3v) is 1.88. The molecular formula is C10H10F2O3. The lowest BCUT2D eigenvalue weighted by Gasteiger charge is -2.05. The molecule has 15 heavy (non-hydrogen) atoms. The number of hydrogen-bond donors (Lipinski definition) is 2. The molecule has 1 aromatic carbocycles. The molecule has 0 aliphatic rings.